The maximum atomic E-state index is 13.5. The third kappa shape index (κ3) is 4.70. The first kappa shape index (κ1) is 25.3. The molecular formula is C28H22Cl2N2O4S. The number of halogens is 2. The highest BCUT2D eigenvalue weighted by Crippen LogP contribution is 2.45. The number of aliphatic hydroxyl groups excluding tert-OH is 1. The summed E-state index contributed by atoms with van der Waals surface area (Å²) in [5.41, 5.74) is 2.57. The Labute approximate surface area is 227 Å². The van der Waals surface area contributed by atoms with E-state index in [1.165, 1.54) is 16.2 Å². The Morgan fingerprint density at radius 3 is 2.65 bits per heavy atom. The molecule has 0 aliphatic carbocycles. The maximum absolute atomic E-state index is 13.5. The smallest absolute Gasteiger partial charge is 0.301 e. The van der Waals surface area contributed by atoms with Crippen molar-refractivity contribution in [2.45, 2.75) is 26.3 Å². The first-order chi connectivity index (χ1) is 17.8. The van der Waals surface area contributed by atoms with Gasteiger partial charge in [-0.3, -0.25) is 14.5 Å². The highest BCUT2D eigenvalue weighted by molar-refractivity contribution is 7.22. The van der Waals surface area contributed by atoms with Crippen LogP contribution in [0.2, 0.25) is 10.0 Å². The molecule has 1 unspecified atom stereocenters. The standard InChI is InChI=1S/C28H22Cl2N2O4S/c1-3-11-36-18-6-4-5-17(13-18)25(33)23-24(16-8-9-19(29)20(30)14-16)32(27(35)26(23)34)28-31-21-10-7-15(2)12-22(21)37-28/h4-10,12-14,24,33H,3,11H2,1-2H3/b25-23+. The number of aryl methyl sites for hydroxylation is 1. The third-order valence-electron chi connectivity index (χ3n) is 6.02. The molecule has 0 bridgehead atoms. The van der Waals surface area contributed by atoms with E-state index < -0.39 is 17.7 Å². The van der Waals surface area contributed by atoms with E-state index in [1.54, 1.807) is 42.5 Å². The van der Waals surface area contributed by atoms with Crippen LogP contribution >= 0.6 is 34.5 Å². The number of amides is 1. The molecule has 1 fully saturated rings. The maximum Gasteiger partial charge on any atom is 0.301 e. The molecule has 2 heterocycles. The summed E-state index contributed by atoms with van der Waals surface area (Å²) in [6.45, 7) is 4.47. The van der Waals surface area contributed by atoms with Crippen LogP contribution in [0.25, 0.3) is 16.0 Å². The summed E-state index contributed by atoms with van der Waals surface area (Å²) in [6.07, 6.45) is 0.820. The van der Waals surface area contributed by atoms with Crippen LogP contribution < -0.4 is 9.64 Å². The molecule has 0 spiro atoms. The predicted molar refractivity (Wildman–Crippen MR) is 148 cm³/mol. The third-order valence-corrected chi connectivity index (χ3v) is 7.78. The Morgan fingerprint density at radius 1 is 1.08 bits per heavy atom. The number of ketones is 1. The number of nitrogens with zero attached hydrogens (tertiary/aromatic N) is 2. The van der Waals surface area contributed by atoms with Gasteiger partial charge < -0.3 is 9.84 Å². The van der Waals surface area contributed by atoms with Crippen molar-refractivity contribution >= 4 is 67.3 Å². The summed E-state index contributed by atoms with van der Waals surface area (Å²) in [5.74, 6) is -1.36. The number of anilines is 1. The second-order valence-corrected chi connectivity index (χ2v) is 10.5. The molecule has 0 saturated carbocycles. The van der Waals surface area contributed by atoms with Crippen LogP contribution in [-0.2, 0) is 9.59 Å². The minimum absolute atomic E-state index is 0.0635. The summed E-state index contributed by atoms with van der Waals surface area (Å²) in [7, 11) is 0. The van der Waals surface area contributed by atoms with Crippen LogP contribution in [0.15, 0.2) is 66.2 Å². The molecule has 1 aliphatic heterocycles. The molecule has 37 heavy (non-hydrogen) atoms. The topological polar surface area (TPSA) is 79.7 Å². The minimum Gasteiger partial charge on any atom is -0.507 e. The van der Waals surface area contributed by atoms with Crippen LogP contribution in [-0.4, -0.2) is 28.4 Å². The molecule has 6 nitrogen and oxygen atoms in total. The van der Waals surface area contributed by atoms with Gasteiger partial charge in [0.05, 0.1) is 38.5 Å². The number of benzene rings is 3. The number of carbonyl (C=O) groups is 2. The van der Waals surface area contributed by atoms with Gasteiger partial charge >= 0.3 is 5.91 Å². The van der Waals surface area contributed by atoms with Crippen molar-refractivity contribution in [2.24, 2.45) is 0 Å². The number of fused-ring (bicyclic) bond motifs is 1. The van der Waals surface area contributed by atoms with Crippen molar-refractivity contribution < 1.29 is 19.4 Å². The Bertz CT molecular complexity index is 1580. The molecule has 4 aromatic rings. The number of aliphatic hydroxyl groups is 1. The summed E-state index contributed by atoms with van der Waals surface area (Å²) < 4.78 is 6.57. The van der Waals surface area contributed by atoms with Crippen molar-refractivity contribution in [1.82, 2.24) is 4.98 Å². The van der Waals surface area contributed by atoms with Gasteiger partial charge in [-0.1, -0.05) is 65.7 Å². The lowest BCUT2D eigenvalue weighted by Crippen LogP contribution is -2.29. The number of thiazole rings is 1. The highest BCUT2D eigenvalue weighted by atomic mass is 35.5. The van der Waals surface area contributed by atoms with Gasteiger partial charge in [-0.25, -0.2) is 4.98 Å². The summed E-state index contributed by atoms with van der Waals surface area (Å²) in [6, 6.07) is 16.5. The zero-order chi connectivity index (χ0) is 26.3. The van der Waals surface area contributed by atoms with E-state index in [0.717, 1.165) is 16.7 Å². The molecule has 1 aliphatic rings. The fourth-order valence-electron chi connectivity index (χ4n) is 4.26. The summed E-state index contributed by atoms with van der Waals surface area (Å²) >= 11 is 13.8. The van der Waals surface area contributed by atoms with E-state index in [0.29, 0.717) is 39.2 Å². The molecular weight excluding hydrogens is 531 g/mol. The summed E-state index contributed by atoms with van der Waals surface area (Å²) in [5, 5.41) is 12.3. The van der Waals surface area contributed by atoms with E-state index in [4.69, 9.17) is 27.9 Å². The van der Waals surface area contributed by atoms with E-state index in [-0.39, 0.29) is 16.4 Å². The van der Waals surface area contributed by atoms with Crippen LogP contribution in [0.4, 0.5) is 5.13 Å². The van der Waals surface area contributed by atoms with Gasteiger partial charge in [-0.2, -0.15) is 0 Å². The number of hydrogen-bond donors (Lipinski definition) is 1. The average molecular weight is 553 g/mol. The predicted octanol–water partition coefficient (Wildman–Crippen LogP) is 7.33. The second-order valence-electron chi connectivity index (χ2n) is 8.69. The fourth-order valence-corrected chi connectivity index (χ4v) is 5.66. The number of hydrogen-bond acceptors (Lipinski definition) is 6. The van der Waals surface area contributed by atoms with Gasteiger partial charge in [0.25, 0.3) is 5.78 Å². The van der Waals surface area contributed by atoms with E-state index >= 15 is 0 Å². The van der Waals surface area contributed by atoms with Crippen LogP contribution in [0.5, 0.6) is 5.75 Å². The number of rotatable bonds is 6. The van der Waals surface area contributed by atoms with Crippen molar-refractivity contribution in [3.05, 3.63) is 93.0 Å². The monoisotopic (exact) mass is 552 g/mol. The van der Waals surface area contributed by atoms with Gasteiger partial charge in [0, 0.05) is 5.56 Å². The molecule has 1 aromatic heterocycles. The van der Waals surface area contributed by atoms with Crippen LogP contribution in [0.3, 0.4) is 0 Å². The molecule has 1 atom stereocenters. The van der Waals surface area contributed by atoms with Crippen molar-refractivity contribution in [2.75, 3.05) is 11.5 Å². The van der Waals surface area contributed by atoms with Gasteiger partial charge in [0.2, 0.25) is 0 Å². The molecule has 3 aromatic carbocycles. The Kier molecular flexibility index (Phi) is 6.94. The van der Waals surface area contributed by atoms with Crippen LogP contribution in [0, 0.1) is 6.92 Å². The molecule has 1 N–H and O–H groups in total. The second kappa shape index (κ2) is 10.2. The highest BCUT2D eigenvalue weighted by Gasteiger charge is 2.48. The van der Waals surface area contributed by atoms with E-state index in [9.17, 15) is 14.7 Å². The zero-order valence-electron chi connectivity index (χ0n) is 20.0. The van der Waals surface area contributed by atoms with Gasteiger partial charge in [-0.05, 0) is 60.9 Å². The van der Waals surface area contributed by atoms with E-state index in [1.807, 2.05) is 32.0 Å². The summed E-state index contributed by atoms with van der Waals surface area (Å²) in [4.78, 5) is 32.9. The molecule has 9 heteroatoms. The van der Waals surface area contributed by atoms with Crippen molar-refractivity contribution in [3.8, 4) is 5.75 Å². The lowest BCUT2D eigenvalue weighted by atomic mass is 9.95. The quantitative estimate of drug-likeness (QED) is 0.154. The van der Waals surface area contributed by atoms with Gasteiger partial charge in [-0.15, -0.1) is 0 Å². The lowest BCUT2D eigenvalue weighted by Gasteiger charge is -2.23. The van der Waals surface area contributed by atoms with Crippen molar-refractivity contribution in [1.29, 1.82) is 0 Å². The first-order valence-corrected chi connectivity index (χ1v) is 13.2. The van der Waals surface area contributed by atoms with Crippen molar-refractivity contribution in [3.63, 3.8) is 0 Å². The molecule has 0 radical (unpaired) electrons. The molecule has 188 valence electrons. The molecule has 1 amide bonds. The average Bonchev–Trinajstić information content (AvgIpc) is 3.41. The van der Waals surface area contributed by atoms with Crippen LogP contribution in [0.1, 0.15) is 36.1 Å². The zero-order valence-corrected chi connectivity index (χ0v) is 22.3. The Morgan fingerprint density at radius 2 is 1.89 bits per heavy atom. The first-order valence-electron chi connectivity index (χ1n) is 11.6. The number of Topliss-reactive ketones (excluding diaryl/α,β-unsaturated/α-hetero) is 1. The SMILES string of the molecule is CCCOc1cccc(/C(O)=C2\C(=O)C(=O)N(c3nc4ccc(C)cc4s3)C2c2ccc(Cl)c(Cl)c2)c1. The molecule has 5 rings (SSSR count). The molecule has 1 saturated heterocycles. The number of carbonyl (C=O) groups excluding carboxylic acids is 2. The fraction of sp³-hybridized carbons (Fsp3) is 0.179. The largest absolute Gasteiger partial charge is 0.507 e. The lowest BCUT2D eigenvalue weighted by molar-refractivity contribution is -0.132. The Hall–Kier alpha value is -3.39. The minimum atomic E-state index is -0.961. The number of aromatic nitrogens is 1. The van der Waals surface area contributed by atoms with E-state index in [2.05, 4.69) is 4.98 Å². The Balaban J connectivity index is 1.70. The number of ether oxygens (including phenoxy) is 1. The van der Waals surface area contributed by atoms with Gasteiger partial charge in [0.1, 0.15) is 11.5 Å². The normalized spacial score (nSPS) is 17.1. The van der Waals surface area contributed by atoms with Gasteiger partial charge in [0.15, 0.2) is 5.13 Å².